The van der Waals surface area contributed by atoms with Crippen LogP contribution in [0.2, 0.25) is 0 Å². The van der Waals surface area contributed by atoms with Gasteiger partial charge in [0.1, 0.15) is 11.5 Å². The second-order valence-electron chi connectivity index (χ2n) is 6.09. The van der Waals surface area contributed by atoms with Gasteiger partial charge in [-0.2, -0.15) is 5.10 Å². The van der Waals surface area contributed by atoms with Gasteiger partial charge in [-0.1, -0.05) is 12.1 Å². The van der Waals surface area contributed by atoms with Crippen LogP contribution in [0.25, 0.3) is 22.0 Å². The first-order chi connectivity index (χ1) is 13.2. The average Bonchev–Trinajstić information content (AvgIpc) is 3.24. The summed E-state index contributed by atoms with van der Waals surface area (Å²) in [7, 11) is 3.21. The van der Waals surface area contributed by atoms with Gasteiger partial charge >= 0.3 is 0 Å². The molecule has 0 aliphatic heterocycles. The zero-order valence-corrected chi connectivity index (χ0v) is 15.0. The van der Waals surface area contributed by atoms with Crippen LogP contribution in [-0.2, 0) is 6.54 Å². The summed E-state index contributed by atoms with van der Waals surface area (Å²) in [5, 5.41) is 7.28. The Morgan fingerprint density at radius 2 is 2.04 bits per heavy atom. The highest BCUT2D eigenvalue weighted by molar-refractivity contribution is 5.87. The molecule has 0 aliphatic rings. The van der Waals surface area contributed by atoms with E-state index in [2.05, 4.69) is 15.2 Å². The minimum Gasteiger partial charge on any atom is -0.497 e. The van der Waals surface area contributed by atoms with E-state index in [1.54, 1.807) is 49.6 Å². The average molecular weight is 362 g/mol. The number of hydrogen-bond acceptors (Lipinski definition) is 5. The first-order valence-corrected chi connectivity index (χ1v) is 8.39. The van der Waals surface area contributed by atoms with Crippen LogP contribution in [0.5, 0.6) is 11.5 Å². The molecule has 4 rings (SSSR count). The number of methoxy groups -OCH3 is 2. The van der Waals surface area contributed by atoms with Crippen molar-refractivity contribution in [1.29, 1.82) is 0 Å². The molecule has 7 heteroatoms. The predicted octanol–water partition coefficient (Wildman–Crippen LogP) is 2.85. The standard InChI is InChI=1S/C20H18N4O3/c1-26-15-5-3-4-13(6-15)11-24-12-21-18-8-19(27-2)16(7-17(18)20(24)25)14-9-22-23-10-14/h3-10,12H,11H2,1-2H3,(H,22,23). The van der Waals surface area contributed by atoms with Crippen molar-refractivity contribution >= 4 is 10.9 Å². The van der Waals surface area contributed by atoms with Gasteiger partial charge in [0, 0.05) is 23.4 Å². The number of aromatic nitrogens is 4. The lowest BCUT2D eigenvalue weighted by Crippen LogP contribution is -2.21. The van der Waals surface area contributed by atoms with Crippen LogP contribution < -0.4 is 15.0 Å². The van der Waals surface area contributed by atoms with Crippen LogP contribution in [0.4, 0.5) is 0 Å². The molecule has 7 nitrogen and oxygen atoms in total. The summed E-state index contributed by atoms with van der Waals surface area (Å²) in [5.41, 5.74) is 3.07. The van der Waals surface area contributed by atoms with E-state index in [1.165, 1.54) is 0 Å². The Hall–Kier alpha value is -3.61. The Labute approximate surface area is 155 Å². The molecule has 0 saturated heterocycles. The van der Waals surface area contributed by atoms with Gasteiger partial charge in [-0.15, -0.1) is 0 Å². The number of benzene rings is 2. The maximum absolute atomic E-state index is 13.0. The Kier molecular flexibility index (Phi) is 4.33. The summed E-state index contributed by atoms with van der Waals surface area (Å²) in [6.45, 7) is 0.409. The lowest BCUT2D eigenvalue weighted by Gasteiger charge is -2.11. The highest BCUT2D eigenvalue weighted by Crippen LogP contribution is 2.32. The molecular formula is C20H18N4O3. The van der Waals surface area contributed by atoms with Gasteiger partial charge < -0.3 is 9.47 Å². The molecule has 4 aromatic rings. The fourth-order valence-electron chi connectivity index (χ4n) is 3.06. The normalized spacial score (nSPS) is 10.9. The molecular weight excluding hydrogens is 344 g/mol. The van der Waals surface area contributed by atoms with Crippen LogP contribution in [0, 0.1) is 0 Å². The number of nitrogens with zero attached hydrogens (tertiary/aromatic N) is 3. The number of fused-ring (bicyclic) bond motifs is 1. The third-order valence-electron chi connectivity index (χ3n) is 4.44. The molecule has 0 unspecified atom stereocenters. The predicted molar refractivity (Wildman–Crippen MR) is 102 cm³/mol. The molecule has 0 amide bonds. The third-order valence-corrected chi connectivity index (χ3v) is 4.44. The summed E-state index contributed by atoms with van der Waals surface area (Å²) in [6.07, 6.45) is 5.00. The van der Waals surface area contributed by atoms with E-state index in [0.717, 1.165) is 22.4 Å². The number of H-pyrrole nitrogens is 1. The quantitative estimate of drug-likeness (QED) is 0.590. The fraction of sp³-hybridized carbons (Fsp3) is 0.150. The fourth-order valence-corrected chi connectivity index (χ4v) is 3.06. The van der Waals surface area contributed by atoms with E-state index in [0.29, 0.717) is 23.2 Å². The Morgan fingerprint density at radius 3 is 2.78 bits per heavy atom. The molecule has 136 valence electrons. The molecule has 0 spiro atoms. The molecule has 0 aliphatic carbocycles. The molecule has 0 saturated carbocycles. The lowest BCUT2D eigenvalue weighted by molar-refractivity contribution is 0.414. The Balaban J connectivity index is 1.82. The first-order valence-electron chi connectivity index (χ1n) is 8.39. The van der Waals surface area contributed by atoms with Gasteiger partial charge in [0.05, 0.1) is 44.2 Å². The van der Waals surface area contributed by atoms with Crippen molar-refractivity contribution in [2.24, 2.45) is 0 Å². The van der Waals surface area contributed by atoms with Crippen molar-refractivity contribution in [2.45, 2.75) is 6.54 Å². The van der Waals surface area contributed by atoms with E-state index < -0.39 is 0 Å². The van der Waals surface area contributed by atoms with Crippen LogP contribution in [0.1, 0.15) is 5.56 Å². The highest BCUT2D eigenvalue weighted by atomic mass is 16.5. The maximum atomic E-state index is 13.0. The number of nitrogens with one attached hydrogen (secondary N) is 1. The summed E-state index contributed by atoms with van der Waals surface area (Å²) in [6, 6.07) is 11.2. The zero-order valence-electron chi connectivity index (χ0n) is 15.0. The van der Waals surface area contributed by atoms with Crippen molar-refractivity contribution in [2.75, 3.05) is 14.2 Å². The van der Waals surface area contributed by atoms with Gasteiger partial charge in [-0.25, -0.2) is 4.98 Å². The molecule has 0 fully saturated rings. The van der Waals surface area contributed by atoms with Gasteiger partial charge in [0.15, 0.2) is 0 Å². The number of hydrogen-bond donors (Lipinski definition) is 1. The van der Waals surface area contributed by atoms with E-state index >= 15 is 0 Å². The largest absolute Gasteiger partial charge is 0.497 e. The van der Waals surface area contributed by atoms with E-state index in [1.807, 2.05) is 24.3 Å². The summed E-state index contributed by atoms with van der Waals surface area (Å²) in [4.78, 5) is 17.5. The van der Waals surface area contributed by atoms with Crippen LogP contribution in [0.3, 0.4) is 0 Å². The molecule has 27 heavy (non-hydrogen) atoms. The van der Waals surface area contributed by atoms with Crippen molar-refractivity contribution in [3.05, 3.63) is 71.0 Å². The summed E-state index contributed by atoms with van der Waals surface area (Å²) < 4.78 is 12.3. The van der Waals surface area contributed by atoms with Gasteiger partial charge in [0.2, 0.25) is 0 Å². The molecule has 1 N–H and O–H groups in total. The molecule has 2 heterocycles. The second kappa shape index (κ2) is 6.95. The maximum Gasteiger partial charge on any atom is 0.261 e. The molecule has 2 aromatic heterocycles. The topological polar surface area (TPSA) is 82.0 Å². The first kappa shape index (κ1) is 16.8. The van der Waals surface area contributed by atoms with Gasteiger partial charge in [-0.3, -0.25) is 14.5 Å². The molecule has 2 aromatic carbocycles. The smallest absolute Gasteiger partial charge is 0.261 e. The minimum atomic E-state index is -0.116. The van der Waals surface area contributed by atoms with E-state index in [9.17, 15) is 4.79 Å². The number of ether oxygens (including phenoxy) is 2. The lowest BCUT2D eigenvalue weighted by atomic mass is 10.1. The van der Waals surface area contributed by atoms with Crippen LogP contribution in [-0.4, -0.2) is 34.0 Å². The van der Waals surface area contributed by atoms with Gasteiger partial charge in [-0.05, 0) is 23.8 Å². The summed E-state index contributed by atoms with van der Waals surface area (Å²) >= 11 is 0. The monoisotopic (exact) mass is 362 g/mol. The van der Waals surface area contributed by atoms with Crippen molar-refractivity contribution in [3.8, 4) is 22.6 Å². The molecule has 0 atom stereocenters. The van der Waals surface area contributed by atoms with Crippen LogP contribution >= 0.6 is 0 Å². The molecule has 0 bridgehead atoms. The number of rotatable bonds is 5. The SMILES string of the molecule is COc1cccc(Cn2cnc3cc(OC)c(-c4cn[nH]c4)cc3c2=O)c1. The molecule has 0 radical (unpaired) electrons. The zero-order chi connectivity index (χ0) is 18.8. The summed E-state index contributed by atoms with van der Waals surface area (Å²) in [5.74, 6) is 1.39. The third kappa shape index (κ3) is 3.15. The second-order valence-corrected chi connectivity index (χ2v) is 6.09. The Bertz CT molecular complexity index is 1150. The van der Waals surface area contributed by atoms with Crippen molar-refractivity contribution in [1.82, 2.24) is 19.7 Å². The van der Waals surface area contributed by atoms with Crippen molar-refractivity contribution in [3.63, 3.8) is 0 Å². The van der Waals surface area contributed by atoms with E-state index in [4.69, 9.17) is 9.47 Å². The Morgan fingerprint density at radius 1 is 1.15 bits per heavy atom. The van der Waals surface area contributed by atoms with Crippen molar-refractivity contribution < 1.29 is 9.47 Å². The van der Waals surface area contributed by atoms with Crippen LogP contribution in [0.15, 0.2) is 59.9 Å². The minimum absolute atomic E-state index is 0.116. The highest BCUT2D eigenvalue weighted by Gasteiger charge is 2.13. The van der Waals surface area contributed by atoms with E-state index in [-0.39, 0.29) is 5.56 Å². The van der Waals surface area contributed by atoms with Gasteiger partial charge in [0.25, 0.3) is 5.56 Å². The number of aromatic amines is 1.